The average Bonchev–Trinajstić information content (AvgIpc) is 3.25. The number of nitrogens with zero attached hydrogens (tertiary/aromatic N) is 1. The van der Waals surface area contributed by atoms with Gasteiger partial charge in [-0.2, -0.15) is 0 Å². The summed E-state index contributed by atoms with van der Waals surface area (Å²) in [6.07, 6.45) is 13.9. The molecule has 3 aliphatic carbocycles. The second kappa shape index (κ2) is 12.0. The highest BCUT2D eigenvalue weighted by Gasteiger charge is 2.50. The molecule has 0 aromatic carbocycles. The predicted octanol–water partition coefficient (Wildman–Crippen LogP) is 6.83. The van der Waals surface area contributed by atoms with Gasteiger partial charge < -0.3 is 15.1 Å². The number of aliphatic hydroxyl groups excluding tert-OH is 2. The molecule has 36 heavy (non-hydrogen) atoms. The number of carbonyl (C=O) groups is 1. The van der Waals surface area contributed by atoms with Gasteiger partial charge in [0.1, 0.15) is 0 Å². The molecule has 2 N–H and O–H groups in total. The molecule has 1 unspecified atom stereocenters. The molecule has 0 bridgehead atoms. The van der Waals surface area contributed by atoms with Crippen LogP contribution >= 0.6 is 0 Å². The zero-order valence-electron chi connectivity index (χ0n) is 24.0. The Morgan fingerprint density at radius 3 is 2.50 bits per heavy atom. The molecule has 1 heterocycles. The number of allylic oxidation sites excluding steroid dienone is 3. The van der Waals surface area contributed by atoms with Crippen LogP contribution in [0.3, 0.4) is 0 Å². The molecule has 4 nitrogen and oxygen atoms in total. The Labute approximate surface area is 220 Å². The van der Waals surface area contributed by atoms with Gasteiger partial charge in [-0.3, -0.25) is 4.79 Å². The van der Waals surface area contributed by atoms with Crippen LogP contribution in [-0.4, -0.2) is 46.3 Å². The van der Waals surface area contributed by atoms with E-state index >= 15 is 0 Å². The molecule has 6 atom stereocenters. The zero-order valence-corrected chi connectivity index (χ0v) is 24.0. The quantitative estimate of drug-likeness (QED) is 0.436. The van der Waals surface area contributed by atoms with E-state index in [1.165, 1.54) is 32.1 Å². The molecule has 0 radical (unpaired) electrons. The molecule has 4 rings (SSSR count). The number of hydrogen-bond acceptors (Lipinski definition) is 3. The first-order valence-corrected chi connectivity index (χ1v) is 14.8. The molecule has 0 aromatic heterocycles. The second-order valence-corrected chi connectivity index (χ2v) is 12.7. The van der Waals surface area contributed by atoms with Crippen molar-refractivity contribution in [1.29, 1.82) is 0 Å². The highest BCUT2D eigenvalue weighted by atomic mass is 16.3. The van der Waals surface area contributed by atoms with Gasteiger partial charge in [0.2, 0.25) is 5.91 Å². The number of fused-ring (bicyclic) bond motifs is 1. The topological polar surface area (TPSA) is 60.8 Å². The maximum atomic E-state index is 12.7. The molecule has 4 fully saturated rings. The minimum absolute atomic E-state index is 0.182. The SMILES string of the molecule is C=C1/C(=C\C=C2/CCCC[C@]3(C)[C@@H]([C@H](C)CCN4CCC(C)(C)C4=O)CC[C@@H]23)C[C@@H](O)CC1O.CC. The van der Waals surface area contributed by atoms with Gasteiger partial charge in [0.15, 0.2) is 0 Å². The number of hydrogen-bond donors (Lipinski definition) is 2. The Balaban J connectivity index is 0.00000176. The molecule has 1 aliphatic heterocycles. The van der Waals surface area contributed by atoms with Crippen molar-refractivity contribution in [1.82, 2.24) is 4.90 Å². The van der Waals surface area contributed by atoms with E-state index in [1.807, 2.05) is 13.8 Å². The Kier molecular flexibility index (Phi) is 9.71. The lowest BCUT2D eigenvalue weighted by atomic mass is 9.65. The molecule has 0 aromatic rings. The van der Waals surface area contributed by atoms with Crippen LogP contribution in [-0.2, 0) is 4.79 Å². The predicted molar refractivity (Wildman–Crippen MR) is 149 cm³/mol. The molecular weight excluding hydrogens is 446 g/mol. The van der Waals surface area contributed by atoms with E-state index < -0.39 is 12.2 Å². The van der Waals surface area contributed by atoms with Crippen LogP contribution in [0.1, 0.15) is 106 Å². The third kappa shape index (κ3) is 6.01. The van der Waals surface area contributed by atoms with Gasteiger partial charge in [-0.25, -0.2) is 0 Å². The van der Waals surface area contributed by atoms with E-state index in [0.29, 0.717) is 41.9 Å². The van der Waals surface area contributed by atoms with E-state index in [9.17, 15) is 15.0 Å². The monoisotopic (exact) mass is 499 g/mol. The Hall–Kier alpha value is -1.39. The van der Waals surface area contributed by atoms with Crippen LogP contribution in [0, 0.1) is 28.6 Å². The fourth-order valence-corrected chi connectivity index (χ4v) is 7.67. The highest BCUT2D eigenvalue weighted by molar-refractivity contribution is 5.83. The molecule has 3 saturated carbocycles. The molecular formula is C32H53NO3. The maximum Gasteiger partial charge on any atom is 0.228 e. The Morgan fingerprint density at radius 1 is 1.11 bits per heavy atom. The zero-order chi connectivity index (χ0) is 26.7. The van der Waals surface area contributed by atoms with Crippen LogP contribution < -0.4 is 0 Å². The van der Waals surface area contributed by atoms with Gasteiger partial charge in [-0.15, -0.1) is 0 Å². The van der Waals surface area contributed by atoms with Crippen LogP contribution in [0.25, 0.3) is 0 Å². The number of carbonyl (C=O) groups excluding carboxylic acids is 1. The molecule has 1 saturated heterocycles. The fraction of sp³-hybridized carbons (Fsp3) is 0.781. The lowest BCUT2D eigenvalue weighted by Gasteiger charge is -2.40. The average molecular weight is 500 g/mol. The van der Waals surface area contributed by atoms with E-state index in [-0.39, 0.29) is 5.41 Å². The van der Waals surface area contributed by atoms with Crippen molar-refractivity contribution < 1.29 is 15.0 Å². The summed E-state index contributed by atoms with van der Waals surface area (Å²) in [4.78, 5) is 14.8. The first-order chi connectivity index (χ1) is 17.0. The number of amides is 1. The van der Waals surface area contributed by atoms with E-state index in [4.69, 9.17) is 0 Å². The van der Waals surface area contributed by atoms with Crippen molar-refractivity contribution in [2.45, 2.75) is 118 Å². The highest BCUT2D eigenvalue weighted by Crippen LogP contribution is 2.58. The lowest BCUT2D eigenvalue weighted by Crippen LogP contribution is -2.36. The minimum atomic E-state index is -0.627. The van der Waals surface area contributed by atoms with Crippen molar-refractivity contribution in [3.05, 3.63) is 35.5 Å². The summed E-state index contributed by atoms with van der Waals surface area (Å²) in [5.74, 6) is 2.26. The van der Waals surface area contributed by atoms with Gasteiger partial charge in [0.25, 0.3) is 0 Å². The summed E-state index contributed by atoms with van der Waals surface area (Å²) < 4.78 is 0. The maximum absolute atomic E-state index is 12.7. The number of likely N-dealkylation sites (tertiary alicyclic amines) is 1. The van der Waals surface area contributed by atoms with Gasteiger partial charge >= 0.3 is 0 Å². The van der Waals surface area contributed by atoms with Gasteiger partial charge in [0, 0.05) is 24.9 Å². The smallest absolute Gasteiger partial charge is 0.228 e. The van der Waals surface area contributed by atoms with Crippen molar-refractivity contribution >= 4 is 5.91 Å². The minimum Gasteiger partial charge on any atom is -0.393 e. The van der Waals surface area contributed by atoms with Crippen molar-refractivity contribution in [2.75, 3.05) is 13.1 Å². The van der Waals surface area contributed by atoms with Gasteiger partial charge in [0.05, 0.1) is 12.2 Å². The largest absolute Gasteiger partial charge is 0.393 e. The summed E-state index contributed by atoms with van der Waals surface area (Å²) in [7, 11) is 0. The first kappa shape index (κ1) is 29.2. The van der Waals surface area contributed by atoms with Crippen LogP contribution in [0.5, 0.6) is 0 Å². The van der Waals surface area contributed by atoms with Crippen LogP contribution in [0.4, 0.5) is 0 Å². The van der Waals surface area contributed by atoms with E-state index in [2.05, 4.69) is 51.3 Å². The first-order valence-electron chi connectivity index (χ1n) is 14.8. The normalized spacial score (nSPS) is 37.5. The lowest BCUT2D eigenvalue weighted by molar-refractivity contribution is -0.134. The molecule has 0 spiro atoms. The summed E-state index contributed by atoms with van der Waals surface area (Å²) in [6.45, 7) is 19.0. The molecule has 4 heteroatoms. The van der Waals surface area contributed by atoms with Crippen LogP contribution in [0.15, 0.2) is 35.5 Å². The fourth-order valence-electron chi connectivity index (χ4n) is 7.67. The van der Waals surface area contributed by atoms with E-state index in [1.54, 1.807) is 5.57 Å². The third-order valence-electron chi connectivity index (χ3n) is 9.97. The van der Waals surface area contributed by atoms with Crippen LogP contribution in [0.2, 0.25) is 0 Å². The summed E-state index contributed by atoms with van der Waals surface area (Å²) in [6, 6.07) is 0. The Morgan fingerprint density at radius 2 is 1.83 bits per heavy atom. The summed E-state index contributed by atoms with van der Waals surface area (Å²) in [5, 5.41) is 20.3. The van der Waals surface area contributed by atoms with Crippen molar-refractivity contribution in [3.63, 3.8) is 0 Å². The summed E-state index contributed by atoms with van der Waals surface area (Å²) >= 11 is 0. The number of aliphatic hydroxyl groups is 2. The van der Waals surface area contributed by atoms with Gasteiger partial charge in [-0.1, -0.05) is 72.3 Å². The standard InChI is InChI=1S/C30H47NO3.C2H6/c1-20(13-16-31-17-15-29(3,4)28(31)34)25-11-12-26-22(8-6-7-14-30(25,26)5)9-10-23-18-24(32)19-27(33)21(23)2;1-2/h9-10,20,24-27,32-33H,2,6-8,11-19H2,1,3-5H3;1-2H3/b22-9+,23-10-;/t20-,24-,25-,26+,27?,30-;/m1./s1. The molecule has 4 aliphatic rings. The third-order valence-corrected chi connectivity index (χ3v) is 9.97. The summed E-state index contributed by atoms with van der Waals surface area (Å²) in [5.41, 5.74) is 3.47. The molecule has 204 valence electrons. The Bertz CT molecular complexity index is 855. The van der Waals surface area contributed by atoms with E-state index in [0.717, 1.165) is 43.5 Å². The second-order valence-electron chi connectivity index (χ2n) is 12.7. The van der Waals surface area contributed by atoms with Gasteiger partial charge in [-0.05, 0) is 85.7 Å². The molecule has 1 amide bonds. The van der Waals surface area contributed by atoms with Crippen molar-refractivity contribution in [3.8, 4) is 0 Å². The van der Waals surface area contributed by atoms with Crippen molar-refractivity contribution in [2.24, 2.45) is 28.6 Å². The number of rotatable bonds is 5.